The van der Waals surface area contributed by atoms with Crippen LogP contribution in [0.4, 0.5) is 0 Å². The number of phenols is 1. The molecule has 18 heavy (non-hydrogen) atoms. The van der Waals surface area contributed by atoms with Crippen LogP contribution in [-0.4, -0.2) is 29.0 Å². The summed E-state index contributed by atoms with van der Waals surface area (Å²) in [6.45, 7) is 3.19. The molecule has 5 heteroatoms. The van der Waals surface area contributed by atoms with E-state index in [0.717, 1.165) is 0 Å². The summed E-state index contributed by atoms with van der Waals surface area (Å²) in [5.41, 5.74) is 0.148. The van der Waals surface area contributed by atoms with E-state index in [9.17, 15) is 9.90 Å². The van der Waals surface area contributed by atoms with Gasteiger partial charge in [0.05, 0.1) is 10.6 Å². The second-order valence-electron chi connectivity index (χ2n) is 4.40. The quantitative estimate of drug-likeness (QED) is 0.804. The van der Waals surface area contributed by atoms with Gasteiger partial charge in [-0.3, -0.25) is 4.79 Å². The van der Waals surface area contributed by atoms with Crippen molar-refractivity contribution in [1.82, 2.24) is 4.90 Å². The molecular formula is C13H13Cl2NO2. The molecule has 1 unspecified atom stereocenters. The van der Waals surface area contributed by atoms with Crippen molar-refractivity contribution in [1.29, 1.82) is 0 Å². The first-order valence-corrected chi connectivity index (χ1v) is 6.38. The van der Waals surface area contributed by atoms with Crippen molar-refractivity contribution in [2.45, 2.75) is 6.92 Å². The Kier molecular flexibility index (Phi) is 3.83. The van der Waals surface area contributed by atoms with E-state index in [1.54, 1.807) is 4.90 Å². The standard InChI is InChI=1S/C13H13Cl2NO2/c1-8-3-2-4-16(7-8)13(18)10-5-9(14)6-11(15)12(10)17/h2-3,5-6,8,17H,4,7H2,1H3. The summed E-state index contributed by atoms with van der Waals surface area (Å²) >= 11 is 11.7. The first-order chi connectivity index (χ1) is 8.49. The topological polar surface area (TPSA) is 40.5 Å². The minimum Gasteiger partial charge on any atom is -0.506 e. The van der Waals surface area contributed by atoms with Crippen LogP contribution < -0.4 is 0 Å². The molecular weight excluding hydrogens is 273 g/mol. The van der Waals surface area contributed by atoms with Crippen molar-refractivity contribution in [2.75, 3.05) is 13.1 Å². The number of carbonyl (C=O) groups is 1. The average Bonchev–Trinajstić information content (AvgIpc) is 2.33. The smallest absolute Gasteiger partial charge is 0.258 e. The third kappa shape index (κ3) is 2.62. The van der Waals surface area contributed by atoms with Gasteiger partial charge in [-0.05, 0) is 18.1 Å². The maximum absolute atomic E-state index is 12.3. The number of benzene rings is 1. The molecule has 0 aliphatic carbocycles. The van der Waals surface area contributed by atoms with Crippen LogP contribution in [-0.2, 0) is 0 Å². The molecule has 1 N–H and O–H groups in total. The van der Waals surface area contributed by atoms with E-state index in [1.807, 2.05) is 13.0 Å². The summed E-state index contributed by atoms with van der Waals surface area (Å²) in [5, 5.41) is 10.3. The van der Waals surface area contributed by atoms with Crippen molar-refractivity contribution in [2.24, 2.45) is 5.92 Å². The summed E-state index contributed by atoms with van der Waals surface area (Å²) in [6.07, 6.45) is 4.00. The van der Waals surface area contributed by atoms with Gasteiger partial charge in [-0.2, -0.15) is 0 Å². The molecule has 1 aromatic carbocycles. The molecule has 1 aliphatic rings. The van der Waals surface area contributed by atoms with Gasteiger partial charge in [0.1, 0.15) is 5.75 Å². The highest BCUT2D eigenvalue weighted by Crippen LogP contribution is 2.32. The van der Waals surface area contributed by atoms with Crippen molar-refractivity contribution < 1.29 is 9.90 Å². The fourth-order valence-corrected chi connectivity index (χ4v) is 2.46. The zero-order valence-corrected chi connectivity index (χ0v) is 11.4. The van der Waals surface area contributed by atoms with E-state index in [4.69, 9.17) is 23.2 Å². The zero-order chi connectivity index (χ0) is 13.3. The Labute approximate surface area is 116 Å². The van der Waals surface area contributed by atoms with Crippen LogP contribution in [0.5, 0.6) is 5.75 Å². The van der Waals surface area contributed by atoms with Gasteiger partial charge in [-0.25, -0.2) is 0 Å². The Morgan fingerprint density at radius 3 is 2.83 bits per heavy atom. The van der Waals surface area contributed by atoms with E-state index in [0.29, 0.717) is 24.0 Å². The Balaban J connectivity index is 2.32. The number of nitrogens with zero attached hydrogens (tertiary/aromatic N) is 1. The second-order valence-corrected chi connectivity index (χ2v) is 5.24. The first kappa shape index (κ1) is 13.2. The number of halogens is 2. The predicted molar refractivity (Wildman–Crippen MR) is 72.3 cm³/mol. The number of aromatic hydroxyl groups is 1. The minimum absolute atomic E-state index is 0.0893. The van der Waals surface area contributed by atoms with E-state index in [-0.39, 0.29) is 22.2 Å². The van der Waals surface area contributed by atoms with Gasteiger partial charge in [-0.1, -0.05) is 42.3 Å². The fourth-order valence-electron chi connectivity index (χ4n) is 1.97. The zero-order valence-electron chi connectivity index (χ0n) is 9.86. The lowest BCUT2D eigenvalue weighted by molar-refractivity contribution is 0.0750. The molecule has 96 valence electrons. The van der Waals surface area contributed by atoms with Crippen LogP contribution in [0.1, 0.15) is 17.3 Å². The maximum Gasteiger partial charge on any atom is 0.258 e. The highest BCUT2D eigenvalue weighted by atomic mass is 35.5. The van der Waals surface area contributed by atoms with E-state index in [1.165, 1.54) is 12.1 Å². The van der Waals surface area contributed by atoms with Crippen LogP contribution in [0.3, 0.4) is 0 Å². The number of carbonyl (C=O) groups excluding carboxylic acids is 1. The summed E-state index contributed by atoms with van der Waals surface area (Å²) in [5.74, 6) is -0.166. The molecule has 0 bridgehead atoms. The second kappa shape index (κ2) is 5.21. The van der Waals surface area contributed by atoms with Gasteiger partial charge >= 0.3 is 0 Å². The molecule has 0 saturated carbocycles. The largest absolute Gasteiger partial charge is 0.506 e. The lowest BCUT2D eigenvalue weighted by Crippen LogP contribution is -2.36. The number of phenolic OH excluding ortho intramolecular Hbond substituents is 1. The molecule has 1 amide bonds. The molecule has 0 fully saturated rings. The molecule has 1 heterocycles. The van der Waals surface area contributed by atoms with Crippen molar-refractivity contribution in [3.63, 3.8) is 0 Å². The number of hydrogen-bond acceptors (Lipinski definition) is 2. The van der Waals surface area contributed by atoms with Crippen LogP contribution in [0.15, 0.2) is 24.3 Å². The van der Waals surface area contributed by atoms with Crippen molar-refractivity contribution in [3.8, 4) is 5.75 Å². The maximum atomic E-state index is 12.3. The summed E-state index contributed by atoms with van der Waals surface area (Å²) in [4.78, 5) is 13.9. The van der Waals surface area contributed by atoms with Crippen LogP contribution in [0.2, 0.25) is 10.0 Å². The minimum atomic E-state index is -0.256. The molecule has 3 nitrogen and oxygen atoms in total. The summed E-state index contributed by atoms with van der Waals surface area (Å²) in [7, 11) is 0. The van der Waals surface area contributed by atoms with E-state index < -0.39 is 0 Å². The molecule has 0 saturated heterocycles. The number of rotatable bonds is 1. The molecule has 1 aromatic rings. The Hall–Kier alpha value is -1.19. The Bertz CT molecular complexity index is 514. The highest BCUT2D eigenvalue weighted by molar-refractivity contribution is 6.36. The third-order valence-corrected chi connectivity index (χ3v) is 3.35. The number of hydrogen-bond donors (Lipinski definition) is 1. The predicted octanol–water partition coefficient (Wildman–Crippen LogP) is 3.35. The monoisotopic (exact) mass is 285 g/mol. The Morgan fingerprint density at radius 2 is 2.17 bits per heavy atom. The average molecular weight is 286 g/mol. The van der Waals surface area contributed by atoms with Gasteiger partial charge in [0, 0.05) is 18.1 Å². The SMILES string of the molecule is CC1C=CCN(C(=O)c2cc(Cl)cc(Cl)c2O)C1. The molecule has 1 aliphatic heterocycles. The lowest BCUT2D eigenvalue weighted by Gasteiger charge is -2.27. The first-order valence-electron chi connectivity index (χ1n) is 5.63. The van der Waals surface area contributed by atoms with Crippen molar-refractivity contribution >= 4 is 29.1 Å². The molecule has 0 radical (unpaired) electrons. The van der Waals surface area contributed by atoms with Gasteiger partial charge in [-0.15, -0.1) is 0 Å². The number of amides is 1. The van der Waals surface area contributed by atoms with E-state index in [2.05, 4.69) is 6.08 Å². The van der Waals surface area contributed by atoms with Crippen molar-refractivity contribution in [3.05, 3.63) is 39.9 Å². The normalized spacial score (nSPS) is 19.1. The lowest BCUT2D eigenvalue weighted by atomic mass is 10.1. The third-order valence-electron chi connectivity index (χ3n) is 2.84. The molecule has 0 spiro atoms. The molecule has 0 aromatic heterocycles. The van der Waals surface area contributed by atoms with Crippen LogP contribution >= 0.6 is 23.2 Å². The Morgan fingerprint density at radius 1 is 1.44 bits per heavy atom. The molecule has 1 atom stereocenters. The van der Waals surface area contributed by atoms with E-state index >= 15 is 0 Å². The van der Waals surface area contributed by atoms with Gasteiger partial charge in [0.2, 0.25) is 0 Å². The summed E-state index contributed by atoms with van der Waals surface area (Å²) < 4.78 is 0. The summed E-state index contributed by atoms with van der Waals surface area (Å²) in [6, 6.07) is 2.85. The highest BCUT2D eigenvalue weighted by Gasteiger charge is 2.23. The van der Waals surface area contributed by atoms with Crippen LogP contribution in [0, 0.1) is 5.92 Å². The van der Waals surface area contributed by atoms with Gasteiger partial charge in [0.25, 0.3) is 5.91 Å². The van der Waals surface area contributed by atoms with Gasteiger partial charge in [0.15, 0.2) is 0 Å². The van der Waals surface area contributed by atoms with Gasteiger partial charge < -0.3 is 10.0 Å². The fraction of sp³-hybridized carbons (Fsp3) is 0.308. The van der Waals surface area contributed by atoms with Crippen LogP contribution in [0.25, 0.3) is 0 Å². The molecule has 2 rings (SSSR count).